The number of nitrogens with zero attached hydrogens (tertiary/aromatic N) is 2. The van der Waals surface area contributed by atoms with Crippen LogP contribution in [0.3, 0.4) is 0 Å². The number of nitrogens with two attached hydrogens (primary N) is 1. The van der Waals surface area contributed by atoms with Crippen LogP contribution in [0.4, 0.5) is 5.69 Å². The van der Waals surface area contributed by atoms with Gasteiger partial charge >= 0.3 is 0 Å². The van der Waals surface area contributed by atoms with Crippen LogP contribution in [0.25, 0.3) is 0 Å². The maximum Gasteiger partial charge on any atom is 0.267 e. The third-order valence-corrected chi connectivity index (χ3v) is 3.53. The fourth-order valence-electron chi connectivity index (χ4n) is 2.25. The van der Waals surface area contributed by atoms with E-state index in [1.54, 1.807) is 29.2 Å². The lowest BCUT2D eigenvalue weighted by Crippen LogP contribution is -2.39. The van der Waals surface area contributed by atoms with Crippen LogP contribution >= 0.6 is 11.6 Å². The molecule has 0 heterocycles. The van der Waals surface area contributed by atoms with Crippen LogP contribution in [0.2, 0.25) is 5.02 Å². The van der Waals surface area contributed by atoms with E-state index >= 15 is 0 Å². The summed E-state index contributed by atoms with van der Waals surface area (Å²) in [5.41, 5.74) is 7.29. The van der Waals surface area contributed by atoms with E-state index in [0.29, 0.717) is 10.6 Å². The van der Waals surface area contributed by atoms with E-state index in [-0.39, 0.29) is 24.4 Å². The molecule has 0 aliphatic rings. The van der Waals surface area contributed by atoms with Gasteiger partial charge in [0.15, 0.2) is 12.4 Å². The molecule has 0 radical (unpaired) electrons. The maximum absolute atomic E-state index is 12.4. The quantitative estimate of drug-likeness (QED) is 0.495. The molecule has 0 bridgehead atoms. The highest BCUT2D eigenvalue weighted by Crippen LogP contribution is 2.16. The minimum Gasteiger partial charge on any atom is -0.384 e. The number of anilines is 1. The van der Waals surface area contributed by atoms with Gasteiger partial charge in [-0.15, -0.1) is 0 Å². The van der Waals surface area contributed by atoms with E-state index in [0.717, 1.165) is 5.69 Å². The Bertz CT molecular complexity index is 717. The molecule has 0 aromatic heterocycles. The zero-order valence-corrected chi connectivity index (χ0v) is 14.4. The molecule has 0 aliphatic carbocycles. The van der Waals surface area contributed by atoms with Gasteiger partial charge in [0.2, 0.25) is 0 Å². The van der Waals surface area contributed by atoms with Gasteiger partial charge < -0.3 is 15.5 Å². The molecule has 0 atom stereocenters. The number of amides is 1. The fraction of sp³-hybridized carbons (Fsp3) is 0.222. The molecule has 0 fully saturated rings. The molecule has 6 heteroatoms. The number of benzene rings is 2. The number of oxime groups is 1. The van der Waals surface area contributed by atoms with Crippen molar-refractivity contribution < 1.29 is 9.63 Å². The molecule has 1 amide bonds. The number of hydrogen-bond acceptors (Lipinski definition) is 3. The van der Waals surface area contributed by atoms with E-state index in [2.05, 4.69) is 5.16 Å². The van der Waals surface area contributed by atoms with Crippen LogP contribution in [-0.2, 0) is 9.63 Å². The Kier molecular flexibility index (Phi) is 6.21. The molecule has 126 valence electrons. The highest BCUT2D eigenvalue weighted by molar-refractivity contribution is 6.31. The number of para-hydroxylation sites is 1. The van der Waals surface area contributed by atoms with E-state index in [1.165, 1.54) is 0 Å². The van der Waals surface area contributed by atoms with Crippen LogP contribution in [0.15, 0.2) is 59.8 Å². The van der Waals surface area contributed by atoms with Crippen LogP contribution in [0, 0.1) is 0 Å². The SMILES string of the molecule is CC(C)N(C(=O)CO/N=C(\N)c1cccc(Cl)c1)c1ccccc1. The minimum atomic E-state index is -0.200. The van der Waals surface area contributed by atoms with Crippen molar-refractivity contribution in [2.45, 2.75) is 19.9 Å². The molecule has 0 spiro atoms. The van der Waals surface area contributed by atoms with E-state index in [9.17, 15) is 4.79 Å². The standard InChI is InChI=1S/C18H20ClN3O2/c1-13(2)22(16-9-4-3-5-10-16)17(23)12-24-21-18(20)14-7-6-8-15(19)11-14/h3-11,13H,12H2,1-2H3,(H2,20,21). The van der Waals surface area contributed by atoms with Gasteiger partial charge in [-0.3, -0.25) is 4.79 Å². The third kappa shape index (κ3) is 4.73. The van der Waals surface area contributed by atoms with Crippen molar-refractivity contribution in [2.75, 3.05) is 11.5 Å². The highest BCUT2D eigenvalue weighted by Gasteiger charge is 2.19. The van der Waals surface area contributed by atoms with Crippen molar-refractivity contribution in [1.29, 1.82) is 0 Å². The monoisotopic (exact) mass is 345 g/mol. The fourth-order valence-corrected chi connectivity index (χ4v) is 2.44. The molecule has 2 aromatic carbocycles. The van der Waals surface area contributed by atoms with Gasteiger partial charge in [-0.2, -0.15) is 0 Å². The van der Waals surface area contributed by atoms with Crippen LogP contribution < -0.4 is 10.6 Å². The summed E-state index contributed by atoms with van der Waals surface area (Å²) >= 11 is 5.91. The molecular formula is C18H20ClN3O2. The lowest BCUT2D eigenvalue weighted by atomic mass is 10.2. The molecule has 0 aliphatic heterocycles. The Hall–Kier alpha value is -2.53. The Morgan fingerprint density at radius 1 is 1.21 bits per heavy atom. The zero-order chi connectivity index (χ0) is 17.5. The van der Waals surface area contributed by atoms with Gasteiger partial charge in [0.1, 0.15) is 0 Å². The number of carbonyl (C=O) groups excluding carboxylic acids is 1. The van der Waals surface area contributed by atoms with Crippen molar-refractivity contribution >= 4 is 29.0 Å². The first-order valence-electron chi connectivity index (χ1n) is 7.57. The Morgan fingerprint density at radius 3 is 2.54 bits per heavy atom. The average molecular weight is 346 g/mol. The van der Waals surface area contributed by atoms with E-state index in [4.69, 9.17) is 22.2 Å². The summed E-state index contributed by atoms with van der Waals surface area (Å²) in [6.45, 7) is 3.68. The molecule has 24 heavy (non-hydrogen) atoms. The first-order chi connectivity index (χ1) is 11.5. The molecule has 5 nitrogen and oxygen atoms in total. The Morgan fingerprint density at radius 2 is 1.92 bits per heavy atom. The van der Waals surface area contributed by atoms with Crippen LogP contribution in [0.5, 0.6) is 0 Å². The van der Waals surface area contributed by atoms with Crippen LogP contribution in [0.1, 0.15) is 19.4 Å². The molecule has 2 rings (SSSR count). The summed E-state index contributed by atoms with van der Waals surface area (Å²) in [4.78, 5) is 19.2. The Labute approximate surface area is 146 Å². The highest BCUT2D eigenvalue weighted by atomic mass is 35.5. The third-order valence-electron chi connectivity index (χ3n) is 3.29. The molecule has 2 aromatic rings. The van der Waals surface area contributed by atoms with Gasteiger partial charge in [-0.1, -0.05) is 47.1 Å². The predicted molar refractivity (Wildman–Crippen MR) is 97.2 cm³/mol. The van der Waals surface area contributed by atoms with Gasteiger partial charge in [0.05, 0.1) is 0 Å². The molecule has 0 unspecified atom stereocenters. The molecular weight excluding hydrogens is 326 g/mol. The van der Waals surface area contributed by atoms with Crippen LogP contribution in [-0.4, -0.2) is 24.4 Å². The second-order valence-electron chi connectivity index (χ2n) is 5.45. The van der Waals surface area contributed by atoms with Crippen molar-refractivity contribution in [3.63, 3.8) is 0 Å². The molecule has 0 saturated carbocycles. The van der Waals surface area contributed by atoms with E-state index < -0.39 is 0 Å². The van der Waals surface area contributed by atoms with Crippen molar-refractivity contribution in [3.8, 4) is 0 Å². The minimum absolute atomic E-state index is 0.00208. The van der Waals surface area contributed by atoms with Gasteiger partial charge in [0, 0.05) is 22.3 Å². The van der Waals surface area contributed by atoms with E-state index in [1.807, 2.05) is 44.2 Å². The summed E-state index contributed by atoms with van der Waals surface area (Å²) in [7, 11) is 0. The molecule has 2 N–H and O–H groups in total. The van der Waals surface area contributed by atoms with Gasteiger partial charge in [-0.25, -0.2) is 0 Å². The number of carbonyl (C=O) groups is 1. The predicted octanol–water partition coefficient (Wildman–Crippen LogP) is 3.42. The smallest absolute Gasteiger partial charge is 0.267 e. The number of amidine groups is 1. The maximum atomic E-state index is 12.4. The second-order valence-corrected chi connectivity index (χ2v) is 5.89. The van der Waals surface area contributed by atoms with Crippen molar-refractivity contribution in [1.82, 2.24) is 0 Å². The lowest BCUT2D eigenvalue weighted by molar-refractivity contribution is -0.123. The average Bonchev–Trinajstić information content (AvgIpc) is 2.55. The topological polar surface area (TPSA) is 67.9 Å². The molecule has 0 saturated heterocycles. The Balaban J connectivity index is 2.02. The number of halogens is 1. The second kappa shape index (κ2) is 8.36. The largest absolute Gasteiger partial charge is 0.384 e. The summed E-state index contributed by atoms with van der Waals surface area (Å²) in [5, 5.41) is 4.35. The van der Waals surface area contributed by atoms with Gasteiger partial charge in [-0.05, 0) is 38.1 Å². The number of rotatable bonds is 6. The lowest BCUT2D eigenvalue weighted by Gasteiger charge is -2.26. The first-order valence-corrected chi connectivity index (χ1v) is 7.95. The van der Waals surface area contributed by atoms with Crippen molar-refractivity contribution in [2.24, 2.45) is 10.9 Å². The van der Waals surface area contributed by atoms with Crippen molar-refractivity contribution in [3.05, 3.63) is 65.2 Å². The number of hydrogen-bond donors (Lipinski definition) is 1. The summed E-state index contributed by atoms with van der Waals surface area (Å²) in [6.07, 6.45) is 0. The summed E-state index contributed by atoms with van der Waals surface area (Å²) in [6, 6.07) is 16.4. The summed E-state index contributed by atoms with van der Waals surface area (Å²) in [5.74, 6) is -0.0278. The zero-order valence-electron chi connectivity index (χ0n) is 13.6. The summed E-state index contributed by atoms with van der Waals surface area (Å²) < 4.78 is 0. The van der Waals surface area contributed by atoms with Gasteiger partial charge in [0.25, 0.3) is 5.91 Å². The normalized spacial score (nSPS) is 11.4. The first kappa shape index (κ1) is 17.8.